The van der Waals surface area contributed by atoms with E-state index in [9.17, 15) is 23.1 Å². The van der Waals surface area contributed by atoms with Crippen LogP contribution in [0.3, 0.4) is 0 Å². The van der Waals surface area contributed by atoms with Crippen molar-refractivity contribution in [3.05, 3.63) is 57.8 Å². The van der Waals surface area contributed by atoms with Crippen LogP contribution < -0.4 is 10.3 Å². The van der Waals surface area contributed by atoms with Crippen LogP contribution in [0.2, 0.25) is 0 Å². The van der Waals surface area contributed by atoms with Crippen molar-refractivity contribution in [2.45, 2.75) is 4.21 Å². The molecule has 0 aliphatic rings. The van der Waals surface area contributed by atoms with Gasteiger partial charge in [-0.25, -0.2) is 13.2 Å². The third kappa shape index (κ3) is 2.55. The first kappa shape index (κ1) is 16.4. The van der Waals surface area contributed by atoms with Gasteiger partial charge < -0.3 is 15.1 Å². The van der Waals surface area contributed by atoms with E-state index in [-0.39, 0.29) is 26.4 Å². The topological polar surface area (TPSA) is 132 Å². The number of carboxylic acid groups (broad SMARTS) is 1. The Labute approximate surface area is 150 Å². The Morgan fingerprint density at radius 3 is 2.73 bits per heavy atom. The summed E-state index contributed by atoms with van der Waals surface area (Å²) < 4.78 is 27.4. The smallest absolute Gasteiger partial charge is 0.337 e. The second-order valence-electron chi connectivity index (χ2n) is 5.51. The molecule has 4 N–H and O–H groups in total. The molecule has 26 heavy (non-hydrogen) atoms. The van der Waals surface area contributed by atoms with Crippen LogP contribution in [0.4, 0.5) is 5.69 Å². The van der Waals surface area contributed by atoms with Gasteiger partial charge in [-0.05, 0) is 29.6 Å². The van der Waals surface area contributed by atoms with Gasteiger partial charge in [0.2, 0.25) is 0 Å². The summed E-state index contributed by atoms with van der Waals surface area (Å²) in [7, 11) is -3.74. The fourth-order valence-electron chi connectivity index (χ4n) is 2.78. The molecule has 4 rings (SSSR count). The van der Waals surface area contributed by atoms with Gasteiger partial charge in [0.15, 0.2) is 0 Å². The van der Waals surface area contributed by atoms with Crippen molar-refractivity contribution >= 4 is 54.8 Å². The number of rotatable bonds is 4. The first-order chi connectivity index (χ1) is 12.4. The number of fused-ring (bicyclic) bond motifs is 3. The SMILES string of the molecule is O=C(O)c1c[nH]c2c(=O)[nH]c3ccc(NS(=O)(=O)c4cccs4)cc3c12. The number of aromatic nitrogens is 2. The molecule has 3 heterocycles. The average molecular weight is 389 g/mol. The monoisotopic (exact) mass is 389 g/mol. The predicted molar refractivity (Wildman–Crippen MR) is 98.5 cm³/mol. The van der Waals surface area contributed by atoms with Gasteiger partial charge >= 0.3 is 5.97 Å². The lowest BCUT2D eigenvalue weighted by molar-refractivity contribution is 0.0699. The summed E-state index contributed by atoms with van der Waals surface area (Å²) in [6, 6.07) is 7.65. The number of H-pyrrole nitrogens is 2. The predicted octanol–water partition coefficient (Wildman–Crippen LogP) is 2.57. The van der Waals surface area contributed by atoms with Crippen molar-refractivity contribution in [3.8, 4) is 0 Å². The third-order valence-corrected chi connectivity index (χ3v) is 6.67. The molecular weight excluding hydrogens is 378 g/mol. The zero-order chi connectivity index (χ0) is 18.5. The van der Waals surface area contributed by atoms with Gasteiger partial charge in [0.1, 0.15) is 9.73 Å². The lowest BCUT2D eigenvalue weighted by Crippen LogP contribution is -2.12. The quantitative estimate of drug-likeness (QED) is 0.426. The van der Waals surface area contributed by atoms with Crippen molar-refractivity contribution in [2.75, 3.05) is 4.72 Å². The van der Waals surface area contributed by atoms with Crippen LogP contribution in [0.5, 0.6) is 0 Å². The van der Waals surface area contributed by atoms with E-state index in [1.54, 1.807) is 11.4 Å². The van der Waals surface area contributed by atoms with Gasteiger partial charge in [-0.1, -0.05) is 6.07 Å². The Morgan fingerprint density at radius 2 is 2.04 bits per heavy atom. The van der Waals surface area contributed by atoms with Crippen molar-refractivity contribution in [1.29, 1.82) is 0 Å². The molecule has 0 amide bonds. The summed E-state index contributed by atoms with van der Waals surface area (Å²) in [6.45, 7) is 0. The van der Waals surface area contributed by atoms with Gasteiger partial charge in [0.05, 0.1) is 5.56 Å². The van der Waals surface area contributed by atoms with Crippen LogP contribution in [0.15, 0.2) is 50.9 Å². The van der Waals surface area contributed by atoms with E-state index in [1.807, 2.05) is 0 Å². The van der Waals surface area contributed by atoms with E-state index in [2.05, 4.69) is 14.7 Å². The first-order valence-corrected chi connectivity index (χ1v) is 9.70. The van der Waals surface area contributed by atoms with Gasteiger partial charge in [-0.15, -0.1) is 11.3 Å². The molecule has 132 valence electrons. The Balaban J connectivity index is 1.93. The Hall–Kier alpha value is -3.11. The molecule has 0 radical (unpaired) electrons. The Bertz CT molecular complexity index is 1320. The minimum absolute atomic E-state index is 0.0608. The molecule has 0 saturated heterocycles. The minimum Gasteiger partial charge on any atom is -0.478 e. The van der Waals surface area contributed by atoms with E-state index in [0.29, 0.717) is 10.9 Å². The number of benzene rings is 1. The molecule has 8 nitrogen and oxygen atoms in total. The number of nitrogens with one attached hydrogen (secondary N) is 3. The fourth-order valence-corrected chi connectivity index (χ4v) is 4.82. The molecule has 3 aromatic heterocycles. The lowest BCUT2D eigenvalue weighted by Gasteiger charge is -2.08. The Morgan fingerprint density at radius 1 is 1.23 bits per heavy atom. The van der Waals surface area contributed by atoms with Crippen LogP contribution in [0.1, 0.15) is 10.4 Å². The van der Waals surface area contributed by atoms with E-state index in [0.717, 1.165) is 11.3 Å². The van der Waals surface area contributed by atoms with Crippen molar-refractivity contribution in [1.82, 2.24) is 9.97 Å². The molecule has 0 unspecified atom stereocenters. The average Bonchev–Trinajstić information content (AvgIpc) is 3.25. The highest BCUT2D eigenvalue weighted by molar-refractivity contribution is 7.94. The molecule has 0 bridgehead atoms. The number of carboxylic acids is 1. The number of thiophene rings is 1. The second-order valence-corrected chi connectivity index (χ2v) is 8.37. The van der Waals surface area contributed by atoms with Crippen molar-refractivity contribution in [3.63, 3.8) is 0 Å². The van der Waals surface area contributed by atoms with Crippen LogP contribution >= 0.6 is 11.3 Å². The highest BCUT2D eigenvalue weighted by atomic mass is 32.2. The highest BCUT2D eigenvalue weighted by Crippen LogP contribution is 2.28. The molecule has 0 atom stereocenters. The van der Waals surface area contributed by atoms with Gasteiger partial charge in [0, 0.05) is 28.2 Å². The van der Waals surface area contributed by atoms with E-state index < -0.39 is 21.6 Å². The molecule has 0 saturated carbocycles. The number of carbonyl (C=O) groups is 1. The summed E-state index contributed by atoms with van der Waals surface area (Å²) in [6.07, 6.45) is 1.24. The minimum atomic E-state index is -3.74. The molecule has 1 aromatic carbocycles. The molecule has 4 aromatic rings. The normalized spacial score (nSPS) is 11.8. The maximum Gasteiger partial charge on any atom is 0.337 e. The van der Waals surface area contributed by atoms with Crippen molar-refractivity contribution in [2.24, 2.45) is 0 Å². The maximum absolute atomic E-state index is 12.4. The number of aromatic carboxylic acids is 1. The summed E-state index contributed by atoms with van der Waals surface area (Å²) in [5, 5.41) is 11.7. The third-order valence-electron chi connectivity index (χ3n) is 3.89. The number of sulfonamides is 1. The first-order valence-electron chi connectivity index (χ1n) is 7.33. The second kappa shape index (κ2) is 5.71. The zero-order valence-corrected chi connectivity index (χ0v) is 14.6. The van der Waals surface area contributed by atoms with Crippen LogP contribution in [0.25, 0.3) is 21.8 Å². The largest absolute Gasteiger partial charge is 0.478 e. The van der Waals surface area contributed by atoms with Crippen LogP contribution in [0, 0.1) is 0 Å². The Kier molecular flexibility index (Phi) is 3.60. The van der Waals surface area contributed by atoms with E-state index >= 15 is 0 Å². The number of aromatic amines is 2. The molecule has 0 aliphatic heterocycles. The number of hydrogen-bond acceptors (Lipinski definition) is 5. The number of pyridine rings is 1. The van der Waals surface area contributed by atoms with Crippen LogP contribution in [-0.4, -0.2) is 29.5 Å². The summed E-state index contributed by atoms with van der Waals surface area (Å²) in [4.78, 5) is 28.9. The number of anilines is 1. The lowest BCUT2D eigenvalue weighted by atomic mass is 10.1. The highest BCUT2D eigenvalue weighted by Gasteiger charge is 2.18. The summed E-state index contributed by atoms with van der Waals surface area (Å²) in [5.74, 6) is -1.19. The van der Waals surface area contributed by atoms with E-state index in [4.69, 9.17) is 0 Å². The fraction of sp³-hybridized carbons (Fsp3) is 0. The van der Waals surface area contributed by atoms with Crippen molar-refractivity contribution < 1.29 is 18.3 Å². The molecule has 0 fully saturated rings. The van der Waals surface area contributed by atoms with Gasteiger partial charge in [-0.2, -0.15) is 0 Å². The summed E-state index contributed by atoms with van der Waals surface area (Å²) >= 11 is 1.08. The van der Waals surface area contributed by atoms with Crippen LogP contribution in [-0.2, 0) is 10.0 Å². The zero-order valence-electron chi connectivity index (χ0n) is 12.9. The summed E-state index contributed by atoms with van der Waals surface area (Å²) in [5.41, 5.74) is 0.273. The number of hydrogen-bond donors (Lipinski definition) is 4. The standard InChI is InChI=1S/C16H11N3O5S2/c20-15-14-13(10(7-17-14)16(21)22)9-6-8(3-4-11(9)18-15)19-26(23,24)12-2-1-5-25-12/h1-7,17,19H,(H,18,20)(H,21,22). The van der Waals surface area contributed by atoms with Gasteiger partial charge in [-0.3, -0.25) is 9.52 Å². The molecular formula is C16H11N3O5S2. The molecule has 0 aliphatic carbocycles. The molecule has 10 heteroatoms. The maximum atomic E-state index is 12.4. The van der Waals surface area contributed by atoms with E-state index in [1.165, 1.54) is 30.5 Å². The molecule has 0 spiro atoms. The van der Waals surface area contributed by atoms with Gasteiger partial charge in [0.25, 0.3) is 15.6 Å².